The van der Waals surface area contributed by atoms with Crippen LogP contribution in [-0.2, 0) is 4.74 Å². The first kappa shape index (κ1) is 20.9. The number of imidazole rings is 1. The average molecular weight is 431 g/mol. The zero-order valence-electron chi connectivity index (χ0n) is 18.8. The number of benzene rings is 2. The van der Waals surface area contributed by atoms with Crippen molar-refractivity contribution in [2.45, 2.75) is 25.2 Å². The molecule has 1 aliphatic rings. The van der Waals surface area contributed by atoms with E-state index < -0.39 is 0 Å². The van der Waals surface area contributed by atoms with Gasteiger partial charge in [0.1, 0.15) is 11.6 Å². The van der Waals surface area contributed by atoms with Crippen molar-refractivity contribution < 1.29 is 9.47 Å². The van der Waals surface area contributed by atoms with E-state index in [0.717, 1.165) is 84.9 Å². The molecular weight excluding hydrogens is 400 g/mol. The third-order valence-electron chi connectivity index (χ3n) is 6.16. The van der Waals surface area contributed by atoms with E-state index >= 15 is 0 Å². The van der Waals surface area contributed by atoms with Gasteiger partial charge in [0, 0.05) is 25.7 Å². The molecule has 1 saturated heterocycles. The second kappa shape index (κ2) is 9.27. The molecule has 5 rings (SSSR count). The van der Waals surface area contributed by atoms with E-state index in [1.165, 1.54) is 0 Å². The maximum atomic E-state index is 5.89. The van der Waals surface area contributed by atoms with Gasteiger partial charge >= 0.3 is 0 Å². The van der Waals surface area contributed by atoms with Crippen molar-refractivity contribution in [3.63, 3.8) is 0 Å². The van der Waals surface area contributed by atoms with Crippen LogP contribution in [-0.4, -0.2) is 59.7 Å². The van der Waals surface area contributed by atoms with Crippen LogP contribution in [0.2, 0.25) is 0 Å². The maximum Gasteiger partial charge on any atom is 0.119 e. The molecule has 2 aromatic carbocycles. The van der Waals surface area contributed by atoms with E-state index in [9.17, 15) is 0 Å². The lowest BCUT2D eigenvalue weighted by Crippen LogP contribution is -2.16. The fourth-order valence-electron chi connectivity index (χ4n) is 4.42. The second-order valence-corrected chi connectivity index (χ2v) is 8.75. The monoisotopic (exact) mass is 430 g/mol. The molecule has 6 nitrogen and oxygen atoms in total. The largest absolute Gasteiger partial charge is 0.494 e. The minimum atomic E-state index is 0.421. The molecule has 1 aliphatic heterocycles. The third-order valence-corrected chi connectivity index (χ3v) is 6.16. The molecule has 1 fully saturated rings. The van der Waals surface area contributed by atoms with Crippen LogP contribution in [0.1, 0.15) is 31.0 Å². The highest BCUT2D eigenvalue weighted by Crippen LogP contribution is 2.31. The van der Waals surface area contributed by atoms with E-state index in [0.29, 0.717) is 5.92 Å². The SMILES string of the molecule is CN(C)CCCOc1ccc(-c2ccc3ncc4cnc(C5CCOCC5)n4c3c2)cc1. The van der Waals surface area contributed by atoms with Gasteiger partial charge in [-0.3, -0.25) is 9.38 Å². The van der Waals surface area contributed by atoms with Gasteiger partial charge in [-0.25, -0.2) is 4.98 Å². The highest BCUT2D eigenvalue weighted by Gasteiger charge is 2.21. The van der Waals surface area contributed by atoms with Gasteiger partial charge in [0.2, 0.25) is 0 Å². The van der Waals surface area contributed by atoms with Crippen LogP contribution >= 0.6 is 0 Å². The molecule has 3 heterocycles. The molecule has 0 amide bonds. The summed E-state index contributed by atoms with van der Waals surface area (Å²) in [4.78, 5) is 11.6. The zero-order valence-corrected chi connectivity index (χ0v) is 18.8. The molecule has 0 radical (unpaired) electrons. The summed E-state index contributed by atoms with van der Waals surface area (Å²) in [5.74, 6) is 2.45. The Morgan fingerprint density at radius 2 is 1.75 bits per heavy atom. The number of hydrogen-bond donors (Lipinski definition) is 0. The first-order valence-corrected chi connectivity index (χ1v) is 11.4. The van der Waals surface area contributed by atoms with Gasteiger partial charge in [0.05, 0.1) is 35.6 Å². The highest BCUT2D eigenvalue weighted by atomic mass is 16.5. The van der Waals surface area contributed by atoms with E-state index in [1.54, 1.807) is 0 Å². The van der Waals surface area contributed by atoms with Crippen LogP contribution in [0.4, 0.5) is 0 Å². The van der Waals surface area contributed by atoms with Gasteiger partial charge in [0.15, 0.2) is 0 Å². The van der Waals surface area contributed by atoms with E-state index in [4.69, 9.17) is 14.5 Å². The summed E-state index contributed by atoms with van der Waals surface area (Å²) in [7, 11) is 4.16. The molecule has 0 spiro atoms. The topological polar surface area (TPSA) is 51.9 Å². The summed E-state index contributed by atoms with van der Waals surface area (Å²) in [5.41, 5.74) is 5.45. The van der Waals surface area contributed by atoms with Crippen LogP contribution in [0.25, 0.3) is 27.7 Å². The van der Waals surface area contributed by atoms with Crippen molar-refractivity contribution in [1.82, 2.24) is 19.3 Å². The summed E-state index contributed by atoms with van der Waals surface area (Å²) in [6, 6.07) is 14.8. The van der Waals surface area contributed by atoms with Crippen molar-refractivity contribution in [2.24, 2.45) is 0 Å². The van der Waals surface area contributed by atoms with Crippen LogP contribution < -0.4 is 4.74 Å². The van der Waals surface area contributed by atoms with Gasteiger partial charge in [-0.2, -0.15) is 0 Å². The first-order valence-electron chi connectivity index (χ1n) is 11.4. The smallest absolute Gasteiger partial charge is 0.119 e. The molecule has 0 atom stereocenters. The van der Waals surface area contributed by atoms with Gasteiger partial charge in [-0.15, -0.1) is 0 Å². The molecule has 0 bridgehead atoms. The van der Waals surface area contributed by atoms with Crippen LogP contribution in [0, 0.1) is 0 Å². The van der Waals surface area contributed by atoms with E-state index in [1.807, 2.05) is 12.4 Å². The molecule has 2 aromatic heterocycles. The lowest BCUT2D eigenvalue weighted by atomic mass is 9.99. The Morgan fingerprint density at radius 3 is 2.53 bits per heavy atom. The Labute approximate surface area is 188 Å². The summed E-state index contributed by atoms with van der Waals surface area (Å²) in [6.45, 7) is 3.36. The first-order chi connectivity index (χ1) is 15.7. The molecule has 166 valence electrons. The number of nitrogens with zero attached hydrogens (tertiary/aromatic N) is 4. The Hall–Kier alpha value is -2.96. The quantitative estimate of drug-likeness (QED) is 0.395. The Morgan fingerprint density at radius 1 is 1.00 bits per heavy atom. The fourth-order valence-corrected chi connectivity index (χ4v) is 4.42. The lowest BCUT2D eigenvalue weighted by Gasteiger charge is -2.21. The van der Waals surface area contributed by atoms with Gasteiger partial charge in [0.25, 0.3) is 0 Å². The van der Waals surface area contributed by atoms with E-state index in [2.05, 4.69) is 70.8 Å². The minimum absolute atomic E-state index is 0.421. The maximum absolute atomic E-state index is 5.89. The van der Waals surface area contributed by atoms with Crippen molar-refractivity contribution in [3.05, 3.63) is 60.7 Å². The Kier molecular flexibility index (Phi) is 6.06. The Bertz CT molecular complexity index is 1190. The highest BCUT2D eigenvalue weighted by molar-refractivity contribution is 5.84. The van der Waals surface area contributed by atoms with Crippen molar-refractivity contribution >= 4 is 16.6 Å². The van der Waals surface area contributed by atoms with Gasteiger partial charge in [-0.1, -0.05) is 18.2 Å². The van der Waals surface area contributed by atoms with Crippen LogP contribution in [0.5, 0.6) is 5.75 Å². The number of fused-ring (bicyclic) bond motifs is 3. The molecular formula is C26H30N4O2. The molecule has 0 N–H and O–H groups in total. The van der Waals surface area contributed by atoms with Crippen molar-refractivity contribution in [3.8, 4) is 16.9 Å². The number of rotatable bonds is 7. The standard InChI is InChI=1S/C26H30N4O2/c1-29(2)12-3-13-32-23-7-4-19(5-8-23)21-6-9-24-25(16-21)30-22(17-27-24)18-28-26(30)20-10-14-31-15-11-20/h4-9,16-18,20H,3,10-15H2,1-2H3. The lowest BCUT2D eigenvalue weighted by molar-refractivity contribution is 0.0835. The molecule has 0 aliphatic carbocycles. The Balaban J connectivity index is 1.43. The summed E-state index contributed by atoms with van der Waals surface area (Å²) in [6.07, 6.45) is 6.90. The van der Waals surface area contributed by atoms with Crippen LogP contribution in [0.3, 0.4) is 0 Å². The second-order valence-electron chi connectivity index (χ2n) is 8.75. The normalized spacial score (nSPS) is 15.1. The molecule has 0 saturated carbocycles. The molecule has 6 heteroatoms. The van der Waals surface area contributed by atoms with Crippen molar-refractivity contribution in [2.75, 3.05) is 40.5 Å². The minimum Gasteiger partial charge on any atom is -0.494 e. The number of aromatic nitrogens is 3. The zero-order chi connectivity index (χ0) is 21.9. The number of hydrogen-bond acceptors (Lipinski definition) is 5. The van der Waals surface area contributed by atoms with Crippen LogP contribution in [0.15, 0.2) is 54.9 Å². The van der Waals surface area contributed by atoms with Gasteiger partial charge < -0.3 is 14.4 Å². The average Bonchev–Trinajstić information content (AvgIpc) is 3.27. The molecule has 0 unspecified atom stereocenters. The number of ether oxygens (including phenoxy) is 2. The van der Waals surface area contributed by atoms with E-state index in [-0.39, 0.29) is 0 Å². The predicted octanol–water partition coefficient (Wildman–Crippen LogP) is 4.77. The molecule has 32 heavy (non-hydrogen) atoms. The third kappa shape index (κ3) is 4.33. The van der Waals surface area contributed by atoms with Gasteiger partial charge in [-0.05, 0) is 68.8 Å². The predicted molar refractivity (Wildman–Crippen MR) is 127 cm³/mol. The molecule has 4 aromatic rings. The fraction of sp³-hybridized carbons (Fsp3) is 0.385. The summed E-state index contributed by atoms with van der Waals surface area (Å²) in [5, 5.41) is 0. The van der Waals surface area contributed by atoms with Crippen molar-refractivity contribution in [1.29, 1.82) is 0 Å². The summed E-state index contributed by atoms with van der Waals surface area (Å²) >= 11 is 0. The summed E-state index contributed by atoms with van der Waals surface area (Å²) < 4.78 is 13.7.